The molecular formula is C15H22N2O2. The van der Waals surface area contributed by atoms with Crippen LogP contribution in [0.1, 0.15) is 42.6 Å². The van der Waals surface area contributed by atoms with Crippen molar-refractivity contribution in [3.05, 3.63) is 29.3 Å². The molecule has 1 aliphatic rings. The molecule has 1 aromatic rings. The van der Waals surface area contributed by atoms with Crippen molar-refractivity contribution in [2.24, 2.45) is 5.92 Å². The lowest BCUT2D eigenvalue weighted by Crippen LogP contribution is -2.39. The summed E-state index contributed by atoms with van der Waals surface area (Å²) in [6.45, 7) is 6.18. The predicted molar refractivity (Wildman–Crippen MR) is 76.1 cm³/mol. The number of rotatable bonds is 3. The topological polar surface area (TPSA) is 66.6 Å². The van der Waals surface area contributed by atoms with Gasteiger partial charge in [0.05, 0.1) is 5.56 Å². The average molecular weight is 262 g/mol. The standard InChI is InChI=1S/C15H22N2O2/c1-10-6-7-17(11(2)8-10)9-12-4-3-5-13(16)14(12)15(18)19/h3-5,10-11H,6-9,16H2,1-2H3,(H,18,19). The molecule has 104 valence electrons. The van der Waals surface area contributed by atoms with E-state index in [9.17, 15) is 9.90 Å². The first-order valence-electron chi connectivity index (χ1n) is 6.83. The minimum Gasteiger partial charge on any atom is -0.478 e. The Morgan fingerprint density at radius 2 is 2.21 bits per heavy atom. The quantitative estimate of drug-likeness (QED) is 0.822. The summed E-state index contributed by atoms with van der Waals surface area (Å²) in [5.41, 5.74) is 7.21. The van der Waals surface area contributed by atoms with Crippen LogP contribution in [0, 0.1) is 5.92 Å². The van der Waals surface area contributed by atoms with Crippen molar-refractivity contribution in [2.75, 3.05) is 12.3 Å². The summed E-state index contributed by atoms with van der Waals surface area (Å²) in [7, 11) is 0. The fourth-order valence-electron chi connectivity index (χ4n) is 2.92. The molecule has 1 aromatic carbocycles. The molecule has 0 spiro atoms. The van der Waals surface area contributed by atoms with Crippen LogP contribution < -0.4 is 5.73 Å². The Hall–Kier alpha value is -1.55. The maximum absolute atomic E-state index is 11.3. The molecule has 19 heavy (non-hydrogen) atoms. The van der Waals surface area contributed by atoms with E-state index < -0.39 is 5.97 Å². The molecule has 1 fully saturated rings. The molecule has 0 saturated carbocycles. The van der Waals surface area contributed by atoms with Crippen LogP contribution in [0.3, 0.4) is 0 Å². The largest absolute Gasteiger partial charge is 0.478 e. The van der Waals surface area contributed by atoms with Crippen LogP contribution in [0.15, 0.2) is 18.2 Å². The zero-order valence-corrected chi connectivity index (χ0v) is 11.6. The van der Waals surface area contributed by atoms with Gasteiger partial charge in [0.15, 0.2) is 0 Å². The Morgan fingerprint density at radius 1 is 1.47 bits per heavy atom. The second kappa shape index (κ2) is 5.61. The number of nitrogen functional groups attached to an aromatic ring is 1. The van der Waals surface area contributed by atoms with Crippen LogP contribution in [0.2, 0.25) is 0 Å². The van der Waals surface area contributed by atoms with E-state index in [-0.39, 0.29) is 5.56 Å². The van der Waals surface area contributed by atoms with Crippen molar-refractivity contribution in [2.45, 2.75) is 39.3 Å². The van der Waals surface area contributed by atoms with Gasteiger partial charge in [0, 0.05) is 18.3 Å². The second-order valence-electron chi connectivity index (χ2n) is 5.64. The summed E-state index contributed by atoms with van der Waals surface area (Å²) in [5, 5.41) is 9.29. The molecule has 1 heterocycles. The van der Waals surface area contributed by atoms with Gasteiger partial charge in [-0.2, -0.15) is 0 Å². The fourth-order valence-corrected chi connectivity index (χ4v) is 2.92. The molecule has 2 unspecified atom stereocenters. The lowest BCUT2D eigenvalue weighted by atomic mass is 9.92. The third-order valence-corrected chi connectivity index (χ3v) is 4.05. The van der Waals surface area contributed by atoms with Crippen LogP contribution in [0.5, 0.6) is 0 Å². The van der Waals surface area contributed by atoms with Crippen LogP contribution >= 0.6 is 0 Å². The number of nitrogens with zero attached hydrogens (tertiary/aromatic N) is 1. The summed E-state index contributed by atoms with van der Waals surface area (Å²) in [6, 6.07) is 5.83. The minimum atomic E-state index is -0.939. The van der Waals surface area contributed by atoms with E-state index in [1.807, 2.05) is 12.1 Å². The number of piperidine rings is 1. The second-order valence-corrected chi connectivity index (χ2v) is 5.64. The highest BCUT2D eigenvalue weighted by atomic mass is 16.4. The minimum absolute atomic E-state index is 0.258. The fraction of sp³-hybridized carbons (Fsp3) is 0.533. The van der Waals surface area contributed by atoms with Crippen molar-refractivity contribution in [1.29, 1.82) is 0 Å². The molecule has 0 aliphatic carbocycles. The summed E-state index contributed by atoms with van der Waals surface area (Å²) < 4.78 is 0. The number of hydrogen-bond acceptors (Lipinski definition) is 3. The van der Waals surface area contributed by atoms with Gasteiger partial charge in [0.25, 0.3) is 0 Å². The van der Waals surface area contributed by atoms with E-state index in [4.69, 9.17) is 5.73 Å². The Bertz CT molecular complexity index is 473. The number of nitrogens with two attached hydrogens (primary N) is 1. The van der Waals surface area contributed by atoms with E-state index in [1.54, 1.807) is 6.07 Å². The Labute approximate surface area is 114 Å². The van der Waals surface area contributed by atoms with Crippen LogP contribution in [0.25, 0.3) is 0 Å². The first-order valence-corrected chi connectivity index (χ1v) is 6.83. The van der Waals surface area contributed by atoms with Crippen molar-refractivity contribution < 1.29 is 9.90 Å². The summed E-state index contributed by atoms with van der Waals surface area (Å²) >= 11 is 0. The van der Waals surface area contributed by atoms with Gasteiger partial charge in [-0.15, -0.1) is 0 Å². The highest BCUT2D eigenvalue weighted by Gasteiger charge is 2.24. The Balaban J connectivity index is 2.19. The summed E-state index contributed by atoms with van der Waals surface area (Å²) in [4.78, 5) is 13.7. The average Bonchev–Trinajstić information content (AvgIpc) is 2.32. The van der Waals surface area contributed by atoms with E-state index in [0.717, 1.165) is 18.0 Å². The summed E-state index contributed by atoms with van der Waals surface area (Å²) in [6.07, 6.45) is 2.35. The SMILES string of the molecule is CC1CCN(Cc2cccc(N)c2C(=O)O)C(C)C1. The number of carboxylic acid groups (broad SMARTS) is 1. The molecule has 0 aromatic heterocycles. The van der Waals surface area contributed by atoms with Crippen molar-refractivity contribution in [1.82, 2.24) is 4.90 Å². The number of carbonyl (C=O) groups is 1. The number of anilines is 1. The molecule has 2 atom stereocenters. The van der Waals surface area contributed by atoms with Crippen molar-refractivity contribution in [3.8, 4) is 0 Å². The van der Waals surface area contributed by atoms with Gasteiger partial charge in [0.1, 0.15) is 0 Å². The number of hydrogen-bond donors (Lipinski definition) is 2. The molecule has 2 rings (SSSR count). The molecular weight excluding hydrogens is 240 g/mol. The third kappa shape index (κ3) is 3.07. The molecule has 1 aliphatic heterocycles. The number of aromatic carboxylic acids is 1. The van der Waals surface area contributed by atoms with Gasteiger partial charge in [-0.25, -0.2) is 4.79 Å². The monoisotopic (exact) mass is 262 g/mol. The first kappa shape index (κ1) is 13.9. The molecule has 4 heteroatoms. The van der Waals surface area contributed by atoms with Crippen molar-refractivity contribution in [3.63, 3.8) is 0 Å². The van der Waals surface area contributed by atoms with E-state index in [1.165, 1.54) is 12.8 Å². The molecule has 0 amide bonds. The molecule has 0 radical (unpaired) electrons. The van der Waals surface area contributed by atoms with E-state index in [0.29, 0.717) is 18.3 Å². The Kier molecular flexibility index (Phi) is 4.10. The van der Waals surface area contributed by atoms with Gasteiger partial charge < -0.3 is 10.8 Å². The smallest absolute Gasteiger partial charge is 0.338 e. The lowest BCUT2D eigenvalue weighted by molar-refractivity contribution is 0.0692. The number of benzene rings is 1. The summed E-state index contributed by atoms with van der Waals surface area (Å²) in [5.74, 6) is -0.183. The van der Waals surface area contributed by atoms with Gasteiger partial charge in [-0.05, 0) is 43.9 Å². The Morgan fingerprint density at radius 3 is 2.84 bits per heavy atom. The zero-order chi connectivity index (χ0) is 14.0. The van der Waals surface area contributed by atoms with Crippen LogP contribution in [-0.2, 0) is 6.54 Å². The zero-order valence-electron chi connectivity index (χ0n) is 11.6. The molecule has 0 bridgehead atoms. The maximum Gasteiger partial charge on any atom is 0.338 e. The van der Waals surface area contributed by atoms with Gasteiger partial charge in [0.2, 0.25) is 0 Å². The number of likely N-dealkylation sites (tertiary alicyclic amines) is 1. The highest BCUT2D eigenvalue weighted by molar-refractivity contribution is 5.95. The van der Waals surface area contributed by atoms with E-state index >= 15 is 0 Å². The first-order chi connectivity index (χ1) is 8.99. The van der Waals surface area contributed by atoms with E-state index in [2.05, 4.69) is 18.7 Å². The van der Waals surface area contributed by atoms with Crippen LogP contribution in [0.4, 0.5) is 5.69 Å². The molecule has 1 saturated heterocycles. The maximum atomic E-state index is 11.3. The van der Waals surface area contributed by atoms with Crippen LogP contribution in [-0.4, -0.2) is 28.6 Å². The van der Waals surface area contributed by atoms with Crippen molar-refractivity contribution >= 4 is 11.7 Å². The lowest BCUT2D eigenvalue weighted by Gasteiger charge is -2.36. The van der Waals surface area contributed by atoms with Gasteiger partial charge in [-0.1, -0.05) is 19.1 Å². The van der Waals surface area contributed by atoms with Gasteiger partial charge in [-0.3, -0.25) is 4.90 Å². The normalized spacial score (nSPS) is 24.3. The third-order valence-electron chi connectivity index (χ3n) is 4.05. The number of carboxylic acids is 1. The van der Waals surface area contributed by atoms with Gasteiger partial charge >= 0.3 is 5.97 Å². The molecule has 4 nitrogen and oxygen atoms in total. The highest BCUT2D eigenvalue weighted by Crippen LogP contribution is 2.26. The molecule has 3 N–H and O–H groups in total. The predicted octanol–water partition coefficient (Wildman–Crippen LogP) is 2.59.